The number of carboxylic acids is 1. The fourth-order valence-corrected chi connectivity index (χ4v) is 7.72. The minimum Gasteiger partial charge on any atom is -0.481 e. The number of halogens is 1. The largest absolute Gasteiger partial charge is 0.481 e. The number of aliphatic hydroxyl groups excluding tert-OH is 1. The third-order valence-electron chi connectivity index (χ3n) is 9.61. The van der Waals surface area contributed by atoms with E-state index in [0.717, 1.165) is 0 Å². The zero-order valence-electron chi connectivity index (χ0n) is 20.8. The fraction of sp³-hybridized carbons (Fsp3) is 0.692. The molecule has 9 nitrogen and oxygen atoms in total. The highest BCUT2D eigenvalue weighted by Crippen LogP contribution is 2.70. The monoisotopic (exact) mass is 507 g/mol. The van der Waals surface area contributed by atoms with Gasteiger partial charge in [0, 0.05) is 16.7 Å². The summed E-state index contributed by atoms with van der Waals surface area (Å²) in [6.45, 7) is 4.63. The number of allylic oxidation sites excluding steroid dienone is 4. The second-order valence-electron chi connectivity index (χ2n) is 11.3. The Hall–Kier alpha value is -2.43. The lowest BCUT2D eigenvalue weighted by molar-refractivity contribution is -0.219. The first-order chi connectivity index (χ1) is 16.7. The summed E-state index contributed by atoms with van der Waals surface area (Å²) in [7, 11) is 0. The van der Waals surface area contributed by atoms with E-state index in [0.29, 0.717) is 24.8 Å². The molecule has 3 fully saturated rings. The highest BCUT2D eigenvalue weighted by Gasteiger charge is 2.75. The van der Waals surface area contributed by atoms with Crippen molar-refractivity contribution >= 4 is 23.5 Å². The van der Waals surface area contributed by atoms with E-state index in [-0.39, 0.29) is 18.6 Å². The van der Waals surface area contributed by atoms with Crippen LogP contribution in [-0.4, -0.2) is 62.7 Å². The van der Waals surface area contributed by atoms with E-state index in [1.165, 1.54) is 12.2 Å². The molecule has 4 aliphatic carbocycles. The molecule has 4 N–H and O–H groups in total. The van der Waals surface area contributed by atoms with Crippen molar-refractivity contribution in [3.05, 3.63) is 23.8 Å². The molecule has 0 heterocycles. The predicted octanol–water partition coefficient (Wildman–Crippen LogP) is 1.82. The van der Waals surface area contributed by atoms with Gasteiger partial charge in [-0.3, -0.25) is 19.2 Å². The summed E-state index contributed by atoms with van der Waals surface area (Å²) in [6, 6.07) is 0. The molecule has 0 aromatic heterocycles. The second kappa shape index (κ2) is 8.85. The van der Waals surface area contributed by atoms with Crippen molar-refractivity contribution in [1.82, 2.24) is 5.48 Å². The number of hydrogen-bond donors (Lipinski definition) is 4. The molecular formula is C26H34FNO8. The van der Waals surface area contributed by atoms with E-state index >= 15 is 4.39 Å². The summed E-state index contributed by atoms with van der Waals surface area (Å²) < 4.78 is 17.1. The maximum absolute atomic E-state index is 17.1. The summed E-state index contributed by atoms with van der Waals surface area (Å²) >= 11 is 0. The van der Waals surface area contributed by atoms with E-state index in [1.54, 1.807) is 26.8 Å². The topological polar surface area (TPSA) is 150 Å². The minimum absolute atomic E-state index is 0.152. The number of carboxylic acid groups (broad SMARTS) is 1. The molecular weight excluding hydrogens is 473 g/mol. The lowest BCUT2D eigenvalue weighted by Crippen LogP contribution is -2.69. The van der Waals surface area contributed by atoms with Gasteiger partial charge < -0.3 is 20.2 Å². The van der Waals surface area contributed by atoms with Crippen molar-refractivity contribution in [3.8, 4) is 0 Å². The van der Waals surface area contributed by atoms with Gasteiger partial charge in [0.1, 0.15) is 5.60 Å². The van der Waals surface area contributed by atoms with Gasteiger partial charge in [0.05, 0.1) is 25.5 Å². The van der Waals surface area contributed by atoms with Gasteiger partial charge in [-0.25, -0.2) is 4.39 Å². The summed E-state index contributed by atoms with van der Waals surface area (Å²) in [5.41, 5.74) is -3.38. The lowest BCUT2D eigenvalue weighted by atomic mass is 9.44. The molecule has 4 aliphatic rings. The number of aliphatic hydroxyl groups is 2. The molecule has 36 heavy (non-hydrogen) atoms. The van der Waals surface area contributed by atoms with Crippen LogP contribution in [0.3, 0.4) is 0 Å². The van der Waals surface area contributed by atoms with Crippen LogP contribution in [0.5, 0.6) is 0 Å². The highest BCUT2D eigenvalue weighted by molar-refractivity contribution is 6.01. The molecule has 10 heteroatoms. The molecule has 3 saturated carbocycles. The van der Waals surface area contributed by atoms with E-state index < -0.39 is 76.6 Å². The van der Waals surface area contributed by atoms with E-state index in [4.69, 9.17) is 9.94 Å². The number of hydrogen-bond acceptors (Lipinski definition) is 8. The molecule has 0 bridgehead atoms. The molecule has 0 saturated heterocycles. The zero-order valence-corrected chi connectivity index (χ0v) is 20.8. The minimum atomic E-state index is -2.07. The highest BCUT2D eigenvalue weighted by atomic mass is 19.1. The van der Waals surface area contributed by atoms with Crippen molar-refractivity contribution in [2.24, 2.45) is 28.6 Å². The molecule has 0 aromatic carbocycles. The number of alkyl halides is 1. The maximum Gasteiger partial charge on any atom is 0.325 e. The Balaban J connectivity index is 1.57. The molecule has 0 aliphatic heterocycles. The van der Waals surface area contributed by atoms with Crippen LogP contribution in [0.2, 0.25) is 0 Å². The Morgan fingerprint density at radius 1 is 1.22 bits per heavy atom. The van der Waals surface area contributed by atoms with Crippen molar-refractivity contribution in [3.63, 3.8) is 0 Å². The number of rotatable bonds is 7. The molecule has 2 unspecified atom stereocenters. The summed E-state index contributed by atoms with van der Waals surface area (Å²) in [5.74, 6) is -4.46. The van der Waals surface area contributed by atoms with Crippen molar-refractivity contribution in [1.29, 1.82) is 0 Å². The Morgan fingerprint density at radius 2 is 1.92 bits per heavy atom. The molecule has 0 amide bonds. The van der Waals surface area contributed by atoms with Crippen LogP contribution in [-0.2, 0) is 24.0 Å². The smallest absolute Gasteiger partial charge is 0.325 e. The first-order valence-electron chi connectivity index (χ1n) is 12.4. The predicted molar refractivity (Wildman–Crippen MR) is 124 cm³/mol. The standard InChI is InChI=1S/C26H34FNO8/c1-14-10-18-17-5-4-15-11-16(29)8-9-23(15,2)25(17,27)19(30)12-24(18,3)26(14,35)20(31)13-28-36-22(34)7-6-21(32)33/h8-9,11,14,17-19,28,30,35H,4-7,10,12-13H2,1-3H3,(H,32,33)/t14-,17?,18?,19+,23+,24+,25+,26+/m1/s1. The summed E-state index contributed by atoms with van der Waals surface area (Å²) in [6.07, 6.45) is 3.16. The van der Waals surface area contributed by atoms with Crippen molar-refractivity contribution < 1.29 is 43.7 Å². The van der Waals surface area contributed by atoms with Crippen LogP contribution < -0.4 is 5.48 Å². The Labute approximate surface area is 208 Å². The van der Waals surface area contributed by atoms with Gasteiger partial charge in [-0.15, -0.1) is 5.48 Å². The van der Waals surface area contributed by atoms with E-state index in [1.807, 2.05) is 0 Å². The fourth-order valence-electron chi connectivity index (χ4n) is 7.72. The Bertz CT molecular complexity index is 1060. The molecule has 4 rings (SSSR count). The van der Waals surface area contributed by atoms with Gasteiger partial charge in [-0.2, -0.15) is 0 Å². The van der Waals surface area contributed by atoms with Crippen LogP contribution in [0.1, 0.15) is 59.3 Å². The zero-order chi connectivity index (χ0) is 26.7. The van der Waals surface area contributed by atoms with Crippen LogP contribution >= 0.6 is 0 Å². The van der Waals surface area contributed by atoms with Crippen molar-refractivity contribution in [2.75, 3.05) is 6.54 Å². The Kier molecular flexibility index (Phi) is 6.54. The second-order valence-corrected chi connectivity index (χ2v) is 11.3. The average Bonchev–Trinajstić information content (AvgIpc) is 3.00. The quantitative estimate of drug-likeness (QED) is 0.378. The van der Waals surface area contributed by atoms with Gasteiger partial charge in [0.2, 0.25) is 0 Å². The summed E-state index contributed by atoms with van der Waals surface area (Å²) in [4.78, 5) is 52.3. The van der Waals surface area contributed by atoms with Crippen molar-refractivity contribution in [2.45, 2.75) is 76.7 Å². The van der Waals surface area contributed by atoms with Crippen LogP contribution in [0.25, 0.3) is 0 Å². The SMILES string of the molecule is C[C@@H]1CC2C3CCC4=CC(=O)C=C[C@]4(C)[C@@]3(F)[C@@H](O)C[C@]2(C)[C@@]1(O)C(=O)CNOC(=O)CCC(=O)O. The molecule has 0 aromatic rings. The van der Waals surface area contributed by atoms with Gasteiger partial charge >= 0.3 is 11.9 Å². The van der Waals surface area contributed by atoms with Gasteiger partial charge in [-0.1, -0.05) is 25.5 Å². The Morgan fingerprint density at radius 3 is 2.58 bits per heavy atom. The molecule has 8 atom stereocenters. The third kappa shape index (κ3) is 3.60. The molecule has 198 valence electrons. The molecule has 0 radical (unpaired) electrons. The van der Waals surface area contributed by atoms with E-state index in [9.17, 15) is 29.4 Å². The number of aliphatic carboxylic acids is 1. The lowest BCUT2D eigenvalue weighted by Gasteiger charge is -2.62. The first-order valence-corrected chi connectivity index (χ1v) is 12.4. The first kappa shape index (κ1) is 26.6. The van der Waals surface area contributed by atoms with Gasteiger partial charge in [0.15, 0.2) is 17.2 Å². The number of hydroxylamine groups is 1. The van der Waals surface area contributed by atoms with Crippen LogP contribution in [0.4, 0.5) is 4.39 Å². The normalized spacial score (nSPS) is 43.2. The third-order valence-corrected chi connectivity index (χ3v) is 9.61. The van der Waals surface area contributed by atoms with E-state index in [2.05, 4.69) is 5.48 Å². The number of fused-ring (bicyclic) bond motifs is 5. The number of nitrogens with one attached hydrogen (secondary N) is 1. The number of carbonyl (C=O) groups excluding carboxylic acids is 3. The molecule has 0 spiro atoms. The van der Waals surface area contributed by atoms with Crippen LogP contribution in [0, 0.1) is 28.6 Å². The van der Waals surface area contributed by atoms with Gasteiger partial charge in [0.25, 0.3) is 0 Å². The van der Waals surface area contributed by atoms with Crippen LogP contribution in [0.15, 0.2) is 23.8 Å². The number of carbonyl (C=O) groups is 4. The van der Waals surface area contributed by atoms with Gasteiger partial charge in [-0.05, 0) is 56.6 Å². The number of Topliss-reactive ketones (excluding diaryl/α,β-unsaturated/α-hetero) is 1. The maximum atomic E-state index is 17.1. The summed E-state index contributed by atoms with van der Waals surface area (Å²) in [5, 5.41) is 31.8. The number of ketones is 2. The average molecular weight is 508 g/mol.